The predicted molar refractivity (Wildman–Crippen MR) is 94.6 cm³/mol. The Balaban J connectivity index is 1.72. The van der Waals surface area contributed by atoms with Gasteiger partial charge >= 0.3 is 0 Å². The summed E-state index contributed by atoms with van der Waals surface area (Å²) in [7, 11) is 1.63. The largest absolute Gasteiger partial charge is 0.497 e. The molecule has 1 fully saturated rings. The molecule has 1 aliphatic heterocycles. The summed E-state index contributed by atoms with van der Waals surface area (Å²) in [6, 6.07) is 7.76. The van der Waals surface area contributed by atoms with E-state index in [2.05, 4.69) is 15.5 Å². The van der Waals surface area contributed by atoms with Gasteiger partial charge in [0.1, 0.15) is 5.75 Å². The molecule has 0 bridgehead atoms. The molecule has 3 N–H and O–H groups in total. The van der Waals surface area contributed by atoms with Gasteiger partial charge in [-0.3, -0.25) is 14.8 Å². The van der Waals surface area contributed by atoms with Crippen molar-refractivity contribution in [2.45, 2.75) is 32.4 Å². The summed E-state index contributed by atoms with van der Waals surface area (Å²) in [5.74, 6) is 0.655. The molecule has 1 aliphatic rings. The van der Waals surface area contributed by atoms with Gasteiger partial charge in [0.25, 0.3) is 0 Å². The van der Waals surface area contributed by atoms with Crippen LogP contribution in [0.5, 0.6) is 5.75 Å². The number of aromatic amines is 1. The van der Waals surface area contributed by atoms with Crippen LogP contribution in [0.1, 0.15) is 29.4 Å². The van der Waals surface area contributed by atoms with Crippen molar-refractivity contribution in [1.82, 2.24) is 15.1 Å². The molecule has 0 radical (unpaired) electrons. The number of β-amino-alcohol motifs (C(OH)–C–C–N with tert-alkyl or cyclic N) is 1. The van der Waals surface area contributed by atoms with Crippen molar-refractivity contribution in [2.24, 2.45) is 0 Å². The SMILES string of the molecule is COc1cccc(C2CC(O)CN2CC(=O)Nc2c(C)n[nH]c2C)c1. The Hall–Kier alpha value is -2.38. The number of nitrogens with zero attached hydrogens (tertiary/aromatic N) is 2. The van der Waals surface area contributed by atoms with Gasteiger partial charge in [-0.15, -0.1) is 0 Å². The number of aliphatic hydroxyl groups excluding tert-OH is 1. The fourth-order valence-electron chi connectivity index (χ4n) is 3.35. The molecule has 2 unspecified atom stereocenters. The van der Waals surface area contributed by atoms with E-state index in [0.29, 0.717) is 13.0 Å². The molecule has 3 rings (SSSR count). The normalized spacial score (nSPS) is 20.6. The third-order valence-corrected chi connectivity index (χ3v) is 4.60. The van der Waals surface area contributed by atoms with Crippen LogP contribution in [0.15, 0.2) is 24.3 Å². The smallest absolute Gasteiger partial charge is 0.238 e. The molecule has 1 aromatic heterocycles. The van der Waals surface area contributed by atoms with Gasteiger partial charge in [0.2, 0.25) is 5.91 Å². The number of carbonyl (C=O) groups excluding carboxylic acids is 1. The number of aromatic nitrogens is 2. The number of anilines is 1. The average molecular weight is 344 g/mol. The molecule has 25 heavy (non-hydrogen) atoms. The van der Waals surface area contributed by atoms with Gasteiger partial charge in [-0.2, -0.15) is 5.10 Å². The zero-order valence-electron chi connectivity index (χ0n) is 14.7. The van der Waals surface area contributed by atoms with E-state index in [1.165, 1.54) is 0 Å². The maximum Gasteiger partial charge on any atom is 0.238 e. The number of hydrogen-bond acceptors (Lipinski definition) is 5. The summed E-state index contributed by atoms with van der Waals surface area (Å²) in [6.07, 6.45) is 0.158. The molecule has 7 nitrogen and oxygen atoms in total. The van der Waals surface area contributed by atoms with Gasteiger partial charge in [-0.25, -0.2) is 0 Å². The van der Waals surface area contributed by atoms with Gasteiger partial charge < -0.3 is 15.2 Å². The van der Waals surface area contributed by atoms with Crippen molar-refractivity contribution in [1.29, 1.82) is 0 Å². The van der Waals surface area contributed by atoms with E-state index >= 15 is 0 Å². The Kier molecular flexibility index (Phi) is 5.06. The number of aryl methyl sites for hydroxylation is 2. The number of carbonyl (C=O) groups is 1. The highest BCUT2D eigenvalue weighted by molar-refractivity contribution is 5.93. The second kappa shape index (κ2) is 7.25. The van der Waals surface area contributed by atoms with Gasteiger partial charge in [-0.1, -0.05) is 12.1 Å². The monoisotopic (exact) mass is 344 g/mol. The Bertz CT molecular complexity index is 739. The lowest BCUT2D eigenvalue weighted by Crippen LogP contribution is -2.34. The summed E-state index contributed by atoms with van der Waals surface area (Å²) in [5, 5.41) is 20.0. The second-order valence-corrected chi connectivity index (χ2v) is 6.47. The molecular formula is C18H24N4O3. The minimum Gasteiger partial charge on any atom is -0.497 e. The van der Waals surface area contributed by atoms with E-state index in [4.69, 9.17) is 4.74 Å². The maximum atomic E-state index is 12.5. The minimum absolute atomic E-state index is 0.0117. The predicted octanol–water partition coefficient (Wildman–Crippen LogP) is 1.78. The van der Waals surface area contributed by atoms with E-state index in [1.54, 1.807) is 7.11 Å². The van der Waals surface area contributed by atoms with Gasteiger partial charge in [0, 0.05) is 12.6 Å². The van der Waals surface area contributed by atoms with Crippen molar-refractivity contribution in [3.63, 3.8) is 0 Å². The van der Waals surface area contributed by atoms with E-state index in [0.717, 1.165) is 28.4 Å². The van der Waals surface area contributed by atoms with E-state index in [-0.39, 0.29) is 18.5 Å². The quantitative estimate of drug-likeness (QED) is 0.769. The number of methoxy groups -OCH3 is 1. The highest BCUT2D eigenvalue weighted by atomic mass is 16.5. The number of H-pyrrole nitrogens is 1. The molecule has 1 amide bonds. The molecule has 2 heterocycles. The van der Waals surface area contributed by atoms with Crippen molar-refractivity contribution < 1.29 is 14.6 Å². The molecule has 134 valence electrons. The van der Waals surface area contributed by atoms with E-state index < -0.39 is 6.10 Å². The van der Waals surface area contributed by atoms with Crippen LogP contribution >= 0.6 is 0 Å². The maximum absolute atomic E-state index is 12.5. The highest BCUT2D eigenvalue weighted by Gasteiger charge is 2.33. The lowest BCUT2D eigenvalue weighted by molar-refractivity contribution is -0.117. The molecule has 0 saturated carbocycles. The Morgan fingerprint density at radius 1 is 1.48 bits per heavy atom. The third-order valence-electron chi connectivity index (χ3n) is 4.60. The molecule has 1 aromatic carbocycles. The first kappa shape index (κ1) is 17.4. The summed E-state index contributed by atoms with van der Waals surface area (Å²) in [6.45, 7) is 4.40. The zero-order valence-corrected chi connectivity index (χ0v) is 14.7. The van der Waals surface area contributed by atoms with E-state index in [1.807, 2.05) is 43.0 Å². The number of nitrogens with one attached hydrogen (secondary N) is 2. The first-order valence-corrected chi connectivity index (χ1v) is 8.35. The molecule has 0 spiro atoms. The van der Waals surface area contributed by atoms with Gasteiger partial charge in [0.05, 0.1) is 36.8 Å². The van der Waals surface area contributed by atoms with Crippen LogP contribution in [-0.2, 0) is 4.79 Å². The fraction of sp³-hybridized carbons (Fsp3) is 0.444. The van der Waals surface area contributed by atoms with Crippen LogP contribution in [0.4, 0.5) is 5.69 Å². The molecular weight excluding hydrogens is 320 g/mol. The molecule has 0 aliphatic carbocycles. The van der Waals surface area contributed by atoms with Crippen LogP contribution < -0.4 is 10.1 Å². The van der Waals surface area contributed by atoms with Crippen LogP contribution in [-0.4, -0.2) is 52.4 Å². The summed E-state index contributed by atoms with van der Waals surface area (Å²) >= 11 is 0. The molecule has 2 atom stereocenters. The Morgan fingerprint density at radius 2 is 2.28 bits per heavy atom. The first-order valence-electron chi connectivity index (χ1n) is 8.35. The number of rotatable bonds is 5. The van der Waals surface area contributed by atoms with Gasteiger partial charge in [0.15, 0.2) is 0 Å². The highest BCUT2D eigenvalue weighted by Crippen LogP contribution is 2.33. The van der Waals surface area contributed by atoms with E-state index in [9.17, 15) is 9.90 Å². The lowest BCUT2D eigenvalue weighted by Gasteiger charge is -2.24. The minimum atomic E-state index is -0.443. The van der Waals surface area contributed by atoms with Crippen LogP contribution in [0, 0.1) is 13.8 Å². The van der Waals surface area contributed by atoms with Crippen molar-refractivity contribution in [2.75, 3.05) is 25.5 Å². The lowest BCUT2D eigenvalue weighted by atomic mass is 10.0. The summed E-state index contributed by atoms with van der Waals surface area (Å²) in [5.41, 5.74) is 3.36. The summed E-state index contributed by atoms with van der Waals surface area (Å²) in [4.78, 5) is 14.5. The first-order chi connectivity index (χ1) is 12.0. The summed E-state index contributed by atoms with van der Waals surface area (Å²) < 4.78 is 5.28. The molecule has 7 heteroatoms. The number of likely N-dealkylation sites (tertiary alicyclic amines) is 1. The standard InChI is InChI=1S/C18H24N4O3/c1-11-18(12(2)21-20-11)19-17(24)10-22-9-14(23)8-16(22)13-5-4-6-15(7-13)25-3/h4-7,14,16,23H,8-10H2,1-3H3,(H,19,24)(H,20,21). The van der Waals surface area contributed by atoms with Crippen molar-refractivity contribution >= 4 is 11.6 Å². The average Bonchev–Trinajstić information content (AvgIpc) is 3.11. The Labute approximate surface area is 147 Å². The third kappa shape index (κ3) is 3.83. The topological polar surface area (TPSA) is 90.5 Å². The van der Waals surface area contributed by atoms with Crippen LogP contribution in [0.25, 0.3) is 0 Å². The van der Waals surface area contributed by atoms with Crippen molar-refractivity contribution in [3.8, 4) is 5.75 Å². The number of amides is 1. The number of hydrogen-bond donors (Lipinski definition) is 3. The molecule has 2 aromatic rings. The second-order valence-electron chi connectivity index (χ2n) is 6.47. The fourth-order valence-corrected chi connectivity index (χ4v) is 3.35. The molecule has 1 saturated heterocycles. The zero-order chi connectivity index (χ0) is 18.0. The Morgan fingerprint density at radius 3 is 2.96 bits per heavy atom. The van der Waals surface area contributed by atoms with Crippen LogP contribution in [0.2, 0.25) is 0 Å². The van der Waals surface area contributed by atoms with Crippen LogP contribution in [0.3, 0.4) is 0 Å². The van der Waals surface area contributed by atoms with Gasteiger partial charge in [-0.05, 0) is 38.0 Å². The number of ether oxygens (including phenoxy) is 1. The number of benzene rings is 1. The van der Waals surface area contributed by atoms with Crippen molar-refractivity contribution in [3.05, 3.63) is 41.2 Å². The number of aliphatic hydroxyl groups is 1.